The molecule has 1 rings (SSSR count). The predicted molar refractivity (Wildman–Crippen MR) is 20.2 cm³/mol. The van der Waals surface area contributed by atoms with Gasteiger partial charge in [-0.2, -0.15) is 0 Å². The smallest absolute Gasteiger partial charge is 0 e. The minimum atomic E-state index is -1.23. The number of hydrogen-bond acceptors (Lipinski definition) is 1. The van der Waals surface area contributed by atoms with Crippen LogP contribution in [0.3, 0.4) is 0 Å². The normalized spacial score (nSPS) is 20.2. The van der Waals surface area contributed by atoms with Gasteiger partial charge in [-0.3, -0.25) is 0 Å². The van der Waals surface area contributed by atoms with Crippen molar-refractivity contribution in [3.63, 3.8) is 0 Å². The van der Waals surface area contributed by atoms with E-state index in [0.717, 1.165) is 0 Å². The van der Waals surface area contributed by atoms with Crippen LogP contribution in [0.1, 0.15) is 0 Å². The van der Waals surface area contributed by atoms with E-state index in [-0.39, 0.29) is 59.6 Å². The zero-order valence-corrected chi connectivity index (χ0v) is 13.3. The second-order valence-corrected chi connectivity index (χ2v) is 9.92. The van der Waals surface area contributed by atoms with Crippen LogP contribution in [-0.2, 0) is 81.8 Å². The number of amides is 2. The molecule has 0 spiro atoms. The van der Waals surface area contributed by atoms with E-state index in [1.54, 1.807) is 0 Å². The minimum Gasteiger partial charge on any atom is 0 e. The first-order chi connectivity index (χ1) is 3.10. The summed E-state index contributed by atoms with van der Waals surface area (Å²) in [5.41, 5.74) is 0. The number of urea groups is 1. The Hall–Kier alpha value is 2.21. The van der Waals surface area contributed by atoms with Gasteiger partial charge in [0.15, 0.2) is 0 Å². The zero-order valence-electron chi connectivity index (χ0n) is 5.06. The summed E-state index contributed by atoms with van der Waals surface area (Å²) in [5.74, 6) is 0. The third kappa shape index (κ3) is 5.80. The van der Waals surface area contributed by atoms with Crippen molar-refractivity contribution in [2.75, 3.05) is 0 Å². The maximum atomic E-state index is 10.1. The molecule has 2 N–H and O–H groups in total. The molecular weight excluding hydrogens is 402 g/mol. The number of carbonyl (C=O) groups is 1. The van der Waals surface area contributed by atoms with Crippen molar-refractivity contribution in [2.45, 2.75) is 0 Å². The van der Waals surface area contributed by atoms with E-state index >= 15 is 0 Å². The van der Waals surface area contributed by atoms with Crippen LogP contribution in [0.15, 0.2) is 0 Å². The summed E-state index contributed by atoms with van der Waals surface area (Å²) >= 11 is 1.95. The van der Waals surface area contributed by atoms with Gasteiger partial charge in [-0.15, -0.1) is 0 Å². The van der Waals surface area contributed by atoms with Gasteiger partial charge in [-0.1, -0.05) is 0 Å². The molecule has 2 radical (unpaired) electrons. The second kappa shape index (κ2) is 6.69. The average molecular weight is 407 g/mol. The summed E-state index contributed by atoms with van der Waals surface area (Å²) in [5, 5.41) is 0. The number of hydrogen-bond donors (Lipinski definition) is 2. The molecule has 1 aliphatic rings. The fourth-order valence-electron chi connectivity index (χ4n) is 0.306. The average Bonchev–Trinajstić information content (AvgIpc) is 1.27. The zero-order chi connectivity index (χ0) is 5.49. The van der Waals surface area contributed by atoms with Gasteiger partial charge < -0.3 is 0 Å². The molecule has 10 heavy (non-hydrogen) atoms. The molecule has 1 aliphatic heterocycles. The van der Waals surface area contributed by atoms with E-state index < -0.39 is 10.5 Å². The van der Waals surface area contributed by atoms with Crippen molar-refractivity contribution in [3.8, 4) is 0 Å². The molecule has 3 nitrogen and oxygen atoms in total. The van der Waals surface area contributed by atoms with Gasteiger partial charge in [0.1, 0.15) is 0 Å². The van der Waals surface area contributed by atoms with Gasteiger partial charge in [-0.25, -0.2) is 0 Å². The first kappa shape index (κ1) is 18.1. The summed E-state index contributed by atoms with van der Waals surface area (Å²) in [7, 11) is -1.23. The Morgan fingerprint density at radius 2 is 1.80 bits per heavy atom. The molecule has 0 aromatic carbocycles. The predicted octanol–water partition coefficient (Wildman–Crippen LogP) is -1.71. The van der Waals surface area contributed by atoms with Crippen LogP contribution < -0.4 is 8.67 Å². The van der Waals surface area contributed by atoms with Gasteiger partial charge in [0.2, 0.25) is 0 Å². The van der Waals surface area contributed by atoms with E-state index in [9.17, 15) is 4.79 Å². The Kier molecular flexibility index (Phi) is 12.1. The molecule has 2 amide bonds. The molecule has 1 heterocycles. The summed E-state index contributed by atoms with van der Waals surface area (Å²) in [6, 6.07) is -0.0206. The maximum Gasteiger partial charge on any atom is 0 e. The molecule has 1 fully saturated rings. The van der Waals surface area contributed by atoms with Crippen LogP contribution in [0.2, 0.25) is 0 Å². The van der Waals surface area contributed by atoms with Crippen LogP contribution in [0.4, 0.5) is 4.79 Å². The van der Waals surface area contributed by atoms with Gasteiger partial charge in [0.05, 0.1) is 0 Å². The van der Waals surface area contributed by atoms with Crippen LogP contribution in [0, 0.1) is 0 Å². The molecule has 0 aliphatic carbocycles. The molecular formula is CH4BCuFeMnMoN2OZn. The largest absolute Gasteiger partial charge is 0 e. The number of rotatable bonds is 0. The first-order valence-corrected chi connectivity index (χ1v) is 7.14. The fourth-order valence-corrected chi connectivity index (χ4v) is 2.59. The molecule has 0 atom stereocenters. The molecule has 0 saturated carbocycles. The van der Waals surface area contributed by atoms with E-state index in [0.29, 0.717) is 0 Å². The fraction of sp³-hybridized carbons (Fsp3) is 0. The summed E-state index contributed by atoms with van der Waals surface area (Å²) in [6.07, 6.45) is 0. The Bertz CT molecular complexity index is 120. The van der Waals surface area contributed by atoms with Crippen molar-refractivity contribution in [3.05, 3.63) is 0 Å². The van der Waals surface area contributed by atoms with Crippen molar-refractivity contribution < 1.29 is 86.6 Å². The molecule has 1 saturated heterocycles. The van der Waals surface area contributed by atoms with Crippen molar-refractivity contribution >= 4 is 12.7 Å². The number of nitrogens with one attached hydrogen (secondary N) is 2. The topological polar surface area (TPSA) is 41.1 Å². The first-order valence-electron chi connectivity index (χ1n) is 1.56. The van der Waals surface area contributed by atoms with Crippen LogP contribution >= 0.6 is 0 Å². The third-order valence-electron chi connectivity index (χ3n) is 0.498. The van der Waals surface area contributed by atoms with E-state index in [4.69, 9.17) is 0 Å². The second-order valence-electron chi connectivity index (χ2n) is 1.24. The van der Waals surface area contributed by atoms with Crippen LogP contribution in [0.5, 0.6) is 0 Å². The van der Waals surface area contributed by atoms with Crippen LogP contribution in [0.25, 0.3) is 0 Å². The van der Waals surface area contributed by atoms with Gasteiger partial charge >= 0.3 is 54.4 Å². The minimum absolute atomic E-state index is 0. The molecule has 9 heteroatoms. The van der Waals surface area contributed by atoms with Gasteiger partial charge in [-0.05, 0) is 0 Å². The summed E-state index contributed by atoms with van der Waals surface area (Å²) in [4.78, 5) is 10.1. The van der Waals surface area contributed by atoms with Crippen molar-refractivity contribution in [1.29, 1.82) is 0 Å². The van der Waals surface area contributed by atoms with Gasteiger partial charge in [0.25, 0.3) is 0 Å². The Labute approximate surface area is 106 Å². The monoisotopic (exact) mass is 407 g/mol. The van der Waals surface area contributed by atoms with Crippen LogP contribution in [-0.4, -0.2) is 12.7 Å². The molecule has 61 valence electrons. The van der Waals surface area contributed by atoms with Crippen molar-refractivity contribution in [2.24, 2.45) is 0 Å². The van der Waals surface area contributed by atoms with Crippen molar-refractivity contribution in [1.82, 2.24) is 8.67 Å². The third-order valence-corrected chi connectivity index (χ3v) is 3.52. The molecule has 0 bridgehead atoms. The Morgan fingerprint density at radius 3 is 1.80 bits per heavy atom. The Balaban J connectivity index is -0.000000163. The number of carbonyl (C=O) groups excluding carboxylic acids is 1. The summed E-state index contributed by atoms with van der Waals surface area (Å²) < 4.78 is 5.52. The standard InChI is InChI=1S/CH3N2O.BH2.Cu.Fe.Mn.Mo.Zn/c2-1(3)4;;;;;;/h(H3-,2,3,4);1H2;;;;;/q-1;+1;;+1;;;/p-1. The van der Waals surface area contributed by atoms with E-state index in [1.165, 1.54) is 0 Å². The maximum absolute atomic E-state index is 10.1. The molecule has 0 aromatic heterocycles. The SMILES string of the molecule is [BH2][Fe]1([Mo])[NH]C(=O)[NH]1.[Cu].[Mn].[Zn]. The Morgan fingerprint density at radius 1 is 1.50 bits per heavy atom. The van der Waals surface area contributed by atoms with Gasteiger partial charge in [0, 0.05) is 53.6 Å². The van der Waals surface area contributed by atoms with E-state index in [2.05, 4.69) is 8.67 Å². The summed E-state index contributed by atoms with van der Waals surface area (Å²) in [6.45, 7) is 2.03. The van der Waals surface area contributed by atoms with E-state index in [1.807, 2.05) is 24.4 Å². The quantitative estimate of drug-likeness (QED) is 0.462. The molecule has 0 unspecified atom stereocenters. The molecule has 0 aromatic rings.